The van der Waals surface area contributed by atoms with Gasteiger partial charge in [0.1, 0.15) is 18.0 Å². The Morgan fingerprint density at radius 3 is 3.15 bits per heavy atom. The number of hydrazine groups is 1. The first-order valence-corrected chi connectivity index (χ1v) is 7.54. The van der Waals surface area contributed by atoms with Crippen molar-refractivity contribution in [3.05, 3.63) is 11.9 Å². The molecule has 2 atom stereocenters. The smallest absolute Gasteiger partial charge is 0.148 e. The Kier molecular flexibility index (Phi) is 4.03. The number of hydrogen-bond donors (Lipinski definition) is 2. The molecule has 2 unspecified atom stereocenters. The molecule has 2 fully saturated rings. The molecule has 6 nitrogen and oxygen atoms in total. The third-order valence-electron chi connectivity index (χ3n) is 4.31. The summed E-state index contributed by atoms with van der Waals surface area (Å²) in [5.41, 5.74) is 3.84. The van der Waals surface area contributed by atoms with E-state index in [0.717, 1.165) is 49.6 Å². The zero-order valence-corrected chi connectivity index (χ0v) is 12.0. The van der Waals surface area contributed by atoms with Crippen LogP contribution in [0.4, 0.5) is 11.6 Å². The van der Waals surface area contributed by atoms with Crippen LogP contribution in [-0.4, -0.2) is 35.3 Å². The van der Waals surface area contributed by atoms with Crippen molar-refractivity contribution >= 4 is 11.6 Å². The second-order valence-electron chi connectivity index (χ2n) is 5.52. The first-order valence-electron chi connectivity index (χ1n) is 7.54. The maximum atomic E-state index is 5.88. The van der Waals surface area contributed by atoms with E-state index >= 15 is 0 Å². The lowest BCUT2D eigenvalue weighted by atomic mass is 10.1. The van der Waals surface area contributed by atoms with E-state index in [4.69, 9.17) is 10.6 Å². The van der Waals surface area contributed by atoms with Gasteiger partial charge in [0.2, 0.25) is 0 Å². The monoisotopic (exact) mass is 277 g/mol. The number of aromatic nitrogens is 2. The average Bonchev–Trinajstić information content (AvgIpc) is 2.96. The normalized spacial score (nSPS) is 25.6. The first kappa shape index (κ1) is 13.6. The quantitative estimate of drug-likeness (QED) is 0.641. The van der Waals surface area contributed by atoms with Crippen LogP contribution in [0, 0.1) is 0 Å². The van der Waals surface area contributed by atoms with E-state index < -0.39 is 0 Å². The number of ether oxygens (including phenoxy) is 1. The fourth-order valence-electron chi connectivity index (χ4n) is 3.44. The molecule has 3 rings (SSSR count). The largest absolute Gasteiger partial charge is 0.374 e. The number of nitrogen functional groups attached to an aromatic ring is 1. The fraction of sp³-hybridized carbons (Fsp3) is 0.714. The molecule has 1 aliphatic heterocycles. The zero-order valence-electron chi connectivity index (χ0n) is 12.0. The summed E-state index contributed by atoms with van der Waals surface area (Å²) in [6.45, 7) is 3.84. The molecule has 110 valence electrons. The summed E-state index contributed by atoms with van der Waals surface area (Å²) < 4.78 is 5.88. The number of nitrogens with zero attached hydrogens (tertiary/aromatic N) is 3. The van der Waals surface area contributed by atoms with Crippen LogP contribution in [0.3, 0.4) is 0 Å². The van der Waals surface area contributed by atoms with Gasteiger partial charge < -0.3 is 15.1 Å². The van der Waals surface area contributed by atoms with E-state index in [0.29, 0.717) is 12.1 Å². The lowest BCUT2D eigenvalue weighted by Crippen LogP contribution is -2.49. The van der Waals surface area contributed by atoms with Gasteiger partial charge in [-0.3, -0.25) is 0 Å². The molecule has 1 saturated heterocycles. The fourth-order valence-corrected chi connectivity index (χ4v) is 3.44. The maximum Gasteiger partial charge on any atom is 0.148 e. The second kappa shape index (κ2) is 5.93. The molecule has 1 aromatic heterocycles. The molecule has 20 heavy (non-hydrogen) atoms. The maximum absolute atomic E-state index is 5.88. The van der Waals surface area contributed by atoms with Crippen molar-refractivity contribution in [2.24, 2.45) is 5.84 Å². The van der Waals surface area contributed by atoms with Crippen molar-refractivity contribution in [2.75, 3.05) is 23.5 Å². The van der Waals surface area contributed by atoms with Gasteiger partial charge in [-0.25, -0.2) is 15.8 Å². The van der Waals surface area contributed by atoms with Gasteiger partial charge in [0.05, 0.1) is 18.8 Å². The van der Waals surface area contributed by atoms with Crippen LogP contribution in [-0.2, 0) is 11.2 Å². The lowest BCUT2D eigenvalue weighted by molar-refractivity contribution is 0.0252. The van der Waals surface area contributed by atoms with E-state index in [1.807, 2.05) is 0 Å². The summed E-state index contributed by atoms with van der Waals surface area (Å²) in [4.78, 5) is 11.2. The van der Waals surface area contributed by atoms with Gasteiger partial charge in [-0.1, -0.05) is 13.3 Å². The highest BCUT2D eigenvalue weighted by atomic mass is 16.5. The van der Waals surface area contributed by atoms with Crippen LogP contribution in [0.25, 0.3) is 0 Å². The number of anilines is 2. The van der Waals surface area contributed by atoms with Crippen molar-refractivity contribution in [2.45, 2.75) is 51.2 Å². The molecule has 6 heteroatoms. The van der Waals surface area contributed by atoms with Gasteiger partial charge in [0, 0.05) is 12.1 Å². The van der Waals surface area contributed by atoms with E-state index in [1.165, 1.54) is 12.8 Å². The van der Waals surface area contributed by atoms with E-state index in [2.05, 4.69) is 27.2 Å². The van der Waals surface area contributed by atoms with Crippen molar-refractivity contribution < 1.29 is 4.74 Å². The molecule has 1 saturated carbocycles. The molecule has 3 N–H and O–H groups in total. The highest BCUT2D eigenvalue weighted by molar-refractivity contribution is 5.59. The molecular formula is C14H23N5O. The van der Waals surface area contributed by atoms with Crippen LogP contribution in [0.15, 0.2) is 6.33 Å². The summed E-state index contributed by atoms with van der Waals surface area (Å²) in [6, 6.07) is 0.458. The molecule has 0 aromatic carbocycles. The number of nitrogens with one attached hydrogen (secondary N) is 1. The molecule has 0 radical (unpaired) electrons. The lowest BCUT2D eigenvalue weighted by Gasteiger charge is -2.39. The SMILES string of the molecule is CCCc1c(NN)ncnc1N1CCOC2CCCC21. The van der Waals surface area contributed by atoms with Gasteiger partial charge in [0.15, 0.2) is 0 Å². The molecule has 0 amide bonds. The summed E-state index contributed by atoms with van der Waals surface area (Å²) in [7, 11) is 0. The Balaban J connectivity index is 1.95. The number of nitrogens with two attached hydrogens (primary N) is 1. The Hall–Kier alpha value is -1.40. The molecule has 2 aliphatic rings. The average molecular weight is 277 g/mol. The topological polar surface area (TPSA) is 76.3 Å². The first-order chi connectivity index (χ1) is 9.85. The predicted molar refractivity (Wildman–Crippen MR) is 78.6 cm³/mol. The third kappa shape index (κ3) is 2.33. The van der Waals surface area contributed by atoms with Crippen LogP contribution in [0.1, 0.15) is 38.2 Å². The third-order valence-corrected chi connectivity index (χ3v) is 4.31. The van der Waals surface area contributed by atoms with E-state index in [1.54, 1.807) is 6.33 Å². The Morgan fingerprint density at radius 2 is 2.35 bits per heavy atom. The van der Waals surface area contributed by atoms with Crippen molar-refractivity contribution in [3.63, 3.8) is 0 Å². The van der Waals surface area contributed by atoms with Gasteiger partial charge in [-0.2, -0.15) is 0 Å². The summed E-state index contributed by atoms with van der Waals surface area (Å²) >= 11 is 0. The molecule has 2 heterocycles. The molecule has 1 aromatic rings. The van der Waals surface area contributed by atoms with Gasteiger partial charge in [-0.15, -0.1) is 0 Å². The highest BCUT2D eigenvalue weighted by Gasteiger charge is 2.37. The van der Waals surface area contributed by atoms with Gasteiger partial charge in [0.25, 0.3) is 0 Å². The van der Waals surface area contributed by atoms with Crippen molar-refractivity contribution in [1.82, 2.24) is 9.97 Å². The second-order valence-corrected chi connectivity index (χ2v) is 5.52. The Morgan fingerprint density at radius 1 is 1.45 bits per heavy atom. The predicted octanol–water partition coefficient (Wildman–Crippen LogP) is 1.47. The van der Waals surface area contributed by atoms with Crippen LogP contribution in [0.2, 0.25) is 0 Å². The number of rotatable bonds is 4. The summed E-state index contributed by atoms with van der Waals surface area (Å²) in [5, 5.41) is 0. The minimum absolute atomic E-state index is 0.363. The minimum Gasteiger partial charge on any atom is -0.374 e. The summed E-state index contributed by atoms with van der Waals surface area (Å²) in [6.07, 6.45) is 7.54. The molecular weight excluding hydrogens is 254 g/mol. The van der Waals surface area contributed by atoms with Gasteiger partial charge in [-0.05, 0) is 25.7 Å². The number of morpholine rings is 1. The zero-order chi connectivity index (χ0) is 13.9. The Bertz CT molecular complexity index is 467. The Labute approximate surface area is 119 Å². The highest BCUT2D eigenvalue weighted by Crippen LogP contribution is 2.35. The van der Waals surface area contributed by atoms with Gasteiger partial charge >= 0.3 is 0 Å². The summed E-state index contributed by atoms with van der Waals surface area (Å²) in [5.74, 6) is 7.39. The van der Waals surface area contributed by atoms with E-state index in [9.17, 15) is 0 Å². The van der Waals surface area contributed by atoms with Crippen LogP contribution >= 0.6 is 0 Å². The van der Waals surface area contributed by atoms with Crippen LogP contribution < -0.4 is 16.2 Å². The number of hydrogen-bond acceptors (Lipinski definition) is 6. The molecule has 0 spiro atoms. The van der Waals surface area contributed by atoms with Crippen molar-refractivity contribution in [3.8, 4) is 0 Å². The van der Waals surface area contributed by atoms with Crippen LogP contribution in [0.5, 0.6) is 0 Å². The van der Waals surface area contributed by atoms with E-state index in [-0.39, 0.29) is 0 Å². The number of fused-ring (bicyclic) bond motifs is 1. The standard InChI is InChI=1S/C14H23N5O/c1-2-4-10-13(18-15)16-9-17-14(10)19-7-8-20-12-6-3-5-11(12)19/h9,11-12H,2-8,15H2,1H3,(H,16,17,18). The van der Waals surface area contributed by atoms with Crippen molar-refractivity contribution in [1.29, 1.82) is 0 Å². The molecule has 0 bridgehead atoms. The molecule has 1 aliphatic carbocycles. The minimum atomic E-state index is 0.363.